The molecule has 0 spiro atoms. The fourth-order valence-electron chi connectivity index (χ4n) is 1.55. The maximum atomic E-state index is 13.3. The van der Waals surface area contributed by atoms with Crippen LogP contribution in [0, 0.1) is 5.82 Å². The molecule has 0 amide bonds. The first-order valence-electron chi connectivity index (χ1n) is 6.28. The predicted molar refractivity (Wildman–Crippen MR) is 70.0 cm³/mol. The first-order valence-corrected chi connectivity index (χ1v) is 6.28. The molecule has 0 radical (unpaired) electrons. The van der Waals surface area contributed by atoms with Crippen LogP contribution in [0.25, 0.3) is 0 Å². The molecule has 1 N–H and O–H groups in total. The predicted octanol–water partition coefficient (Wildman–Crippen LogP) is 2.36. The third-order valence-corrected chi connectivity index (χ3v) is 2.62. The molecule has 0 aliphatic carbocycles. The van der Waals surface area contributed by atoms with Crippen LogP contribution in [0.1, 0.15) is 18.9 Å². The highest BCUT2D eigenvalue weighted by Crippen LogP contribution is 2.08. The third-order valence-electron chi connectivity index (χ3n) is 2.62. The van der Waals surface area contributed by atoms with Crippen molar-refractivity contribution in [2.75, 3.05) is 26.8 Å². The second kappa shape index (κ2) is 9.03. The van der Waals surface area contributed by atoms with E-state index in [9.17, 15) is 4.39 Å². The van der Waals surface area contributed by atoms with Gasteiger partial charge in [0.25, 0.3) is 0 Å². The molecule has 102 valence electrons. The molecule has 0 heterocycles. The van der Waals surface area contributed by atoms with Gasteiger partial charge in [0.05, 0.1) is 12.7 Å². The van der Waals surface area contributed by atoms with Crippen LogP contribution in [0.5, 0.6) is 0 Å². The van der Waals surface area contributed by atoms with E-state index in [2.05, 4.69) is 5.32 Å². The van der Waals surface area contributed by atoms with Crippen molar-refractivity contribution in [3.05, 3.63) is 35.6 Å². The number of hydrogen-bond donors (Lipinski definition) is 1. The van der Waals surface area contributed by atoms with Gasteiger partial charge in [-0.25, -0.2) is 4.39 Å². The number of ether oxygens (including phenoxy) is 2. The summed E-state index contributed by atoms with van der Waals surface area (Å²) in [7, 11) is 1.69. The average Bonchev–Trinajstić information content (AvgIpc) is 2.37. The zero-order valence-electron chi connectivity index (χ0n) is 11.1. The van der Waals surface area contributed by atoms with Crippen molar-refractivity contribution in [1.29, 1.82) is 0 Å². The summed E-state index contributed by atoms with van der Waals surface area (Å²) in [5, 5.41) is 3.27. The van der Waals surface area contributed by atoms with Gasteiger partial charge in [0.1, 0.15) is 5.82 Å². The van der Waals surface area contributed by atoms with Gasteiger partial charge in [0.2, 0.25) is 0 Å². The summed E-state index contributed by atoms with van der Waals surface area (Å²) in [5.74, 6) is -0.210. The summed E-state index contributed by atoms with van der Waals surface area (Å²) < 4.78 is 23.9. The van der Waals surface area contributed by atoms with Crippen LogP contribution in [-0.2, 0) is 16.1 Å². The molecule has 1 atom stereocenters. The van der Waals surface area contributed by atoms with Crippen molar-refractivity contribution in [1.82, 2.24) is 5.32 Å². The monoisotopic (exact) mass is 255 g/mol. The van der Waals surface area contributed by atoms with E-state index >= 15 is 0 Å². The molecule has 0 aromatic heterocycles. The molecule has 1 aromatic rings. The van der Waals surface area contributed by atoms with Crippen LogP contribution < -0.4 is 5.32 Å². The van der Waals surface area contributed by atoms with E-state index in [0.29, 0.717) is 12.2 Å². The highest BCUT2D eigenvalue weighted by atomic mass is 19.1. The lowest BCUT2D eigenvalue weighted by Gasteiger charge is -2.14. The number of methoxy groups -OCH3 is 1. The molecule has 0 aliphatic rings. The zero-order chi connectivity index (χ0) is 13.2. The molecule has 0 fully saturated rings. The SMILES string of the molecule is COCCCNCC(C)OCc1ccccc1F. The van der Waals surface area contributed by atoms with Gasteiger partial charge in [-0.15, -0.1) is 0 Å². The lowest BCUT2D eigenvalue weighted by molar-refractivity contribution is 0.0513. The lowest BCUT2D eigenvalue weighted by atomic mass is 10.2. The lowest BCUT2D eigenvalue weighted by Crippen LogP contribution is -2.28. The van der Waals surface area contributed by atoms with Crippen molar-refractivity contribution < 1.29 is 13.9 Å². The Morgan fingerprint density at radius 1 is 1.33 bits per heavy atom. The summed E-state index contributed by atoms with van der Waals surface area (Å²) in [6.45, 7) is 4.72. The minimum Gasteiger partial charge on any atom is -0.385 e. The normalized spacial score (nSPS) is 12.6. The summed E-state index contributed by atoms with van der Waals surface area (Å²) in [6, 6.07) is 6.69. The molecule has 18 heavy (non-hydrogen) atoms. The van der Waals surface area contributed by atoms with E-state index < -0.39 is 0 Å². The Morgan fingerprint density at radius 2 is 2.11 bits per heavy atom. The van der Waals surface area contributed by atoms with Crippen molar-refractivity contribution in [2.24, 2.45) is 0 Å². The third kappa shape index (κ3) is 6.10. The molecule has 1 aromatic carbocycles. The number of nitrogens with one attached hydrogen (secondary N) is 1. The van der Waals surface area contributed by atoms with Gasteiger partial charge < -0.3 is 14.8 Å². The average molecular weight is 255 g/mol. The topological polar surface area (TPSA) is 30.5 Å². The van der Waals surface area contributed by atoms with E-state index in [1.165, 1.54) is 6.07 Å². The minimum atomic E-state index is -0.210. The first-order chi connectivity index (χ1) is 8.74. The van der Waals surface area contributed by atoms with Crippen molar-refractivity contribution in [3.63, 3.8) is 0 Å². The van der Waals surface area contributed by atoms with Crippen LogP contribution in [-0.4, -0.2) is 32.9 Å². The van der Waals surface area contributed by atoms with E-state index in [1.54, 1.807) is 19.2 Å². The highest BCUT2D eigenvalue weighted by Gasteiger charge is 2.05. The molecular formula is C14H22FNO2. The Balaban J connectivity index is 2.13. The summed E-state index contributed by atoms with van der Waals surface area (Å²) >= 11 is 0. The zero-order valence-corrected chi connectivity index (χ0v) is 11.1. The van der Waals surface area contributed by atoms with E-state index in [0.717, 1.165) is 26.1 Å². The molecule has 0 aliphatic heterocycles. The molecule has 0 bridgehead atoms. The van der Waals surface area contributed by atoms with Gasteiger partial charge in [0.15, 0.2) is 0 Å². The Labute approximate surface area is 108 Å². The summed E-state index contributed by atoms with van der Waals surface area (Å²) in [6.07, 6.45) is 1.04. The van der Waals surface area contributed by atoms with Gasteiger partial charge in [-0.05, 0) is 26.0 Å². The van der Waals surface area contributed by atoms with E-state index in [1.807, 2.05) is 13.0 Å². The molecule has 3 nitrogen and oxygen atoms in total. The Bertz CT molecular complexity index is 333. The molecule has 1 rings (SSSR count). The van der Waals surface area contributed by atoms with Gasteiger partial charge in [0, 0.05) is 25.8 Å². The summed E-state index contributed by atoms with van der Waals surface area (Å²) in [5.41, 5.74) is 0.601. The Kier molecular flexibility index (Phi) is 7.57. The number of halogens is 1. The van der Waals surface area contributed by atoms with Gasteiger partial charge in [-0.2, -0.15) is 0 Å². The second-order valence-electron chi connectivity index (χ2n) is 4.26. The van der Waals surface area contributed by atoms with Gasteiger partial charge >= 0.3 is 0 Å². The number of rotatable bonds is 9. The Hall–Kier alpha value is -0.970. The molecule has 0 saturated heterocycles. The Morgan fingerprint density at radius 3 is 2.83 bits per heavy atom. The smallest absolute Gasteiger partial charge is 0.128 e. The van der Waals surface area contributed by atoms with Crippen molar-refractivity contribution in [2.45, 2.75) is 26.1 Å². The van der Waals surface area contributed by atoms with Gasteiger partial charge in [-0.3, -0.25) is 0 Å². The van der Waals surface area contributed by atoms with Gasteiger partial charge in [-0.1, -0.05) is 18.2 Å². The molecular weight excluding hydrogens is 233 g/mol. The second-order valence-corrected chi connectivity index (χ2v) is 4.26. The van der Waals surface area contributed by atoms with Crippen molar-refractivity contribution >= 4 is 0 Å². The van der Waals surface area contributed by atoms with Crippen LogP contribution in [0.15, 0.2) is 24.3 Å². The minimum absolute atomic E-state index is 0.0622. The van der Waals surface area contributed by atoms with Crippen LogP contribution in [0.3, 0.4) is 0 Å². The molecule has 1 unspecified atom stereocenters. The van der Waals surface area contributed by atoms with E-state index in [4.69, 9.17) is 9.47 Å². The fourth-order valence-corrected chi connectivity index (χ4v) is 1.55. The maximum Gasteiger partial charge on any atom is 0.128 e. The quantitative estimate of drug-likeness (QED) is 0.687. The highest BCUT2D eigenvalue weighted by molar-refractivity contribution is 5.16. The maximum absolute atomic E-state index is 13.3. The van der Waals surface area contributed by atoms with E-state index in [-0.39, 0.29) is 11.9 Å². The van der Waals surface area contributed by atoms with Crippen LogP contribution in [0.2, 0.25) is 0 Å². The molecule has 4 heteroatoms. The number of hydrogen-bond acceptors (Lipinski definition) is 3. The number of benzene rings is 1. The van der Waals surface area contributed by atoms with Crippen LogP contribution in [0.4, 0.5) is 4.39 Å². The fraction of sp³-hybridized carbons (Fsp3) is 0.571. The van der Waals surface area contributed by atoms with Crippen LogP contribution >= 0.6 is 0 Å². The van der Waals surface area contributed by atoms with Crippen molar-refractivity contribution in [3.8, 4) is 0 Å². The largest absolute Gasteiger partial charge is 0.385 e. The summed E-state index contributed by atoms with van der Waals surface area (Å²) in [4.78, 5) is 0. The standard InChI is InChI=1S/C14H22FNO2/c1-12(10-16-8-5-9-17-2)18-11-13-6-3-4-7-14(13)15/h3-4,6-7,12,16H,5,8-11H2,1-2H3. The first kappa shape index (κ1) is 15.1. The molecule has 0 saturated carbocycles.